The number of amides is 3. The summed E-state index contributed by atoms with van der Waals surface area (Å²) in [5.74, 6) is -0.230. The molecule has 0 aromatic heterocycles. The fourth-order valence-corrected chi connectivity index (χ4v) is 4.44. The maximum atomic E-state index is 12.2. The van der Waals surface area contributed by atoms with Crippen LogP contribution in [0.2, 0.25) is 36.3 Å². The summed E-state index contributed by atoms with van der Waals surface area (Å²) < 4.78 is 12.4. The van der Waals surface area contributed by atoms with Gasteiger partial charge in [0.1, 0.15) is 6.04 Å². The minimum Gasteiger partial charge on any atom is -0.417 e. The fraction of sp³-hybridized carbons (Fsp3) is 0.895. The van der Waals surface area contributed by atoms with Crippen LogP contribution in [0.4, 0.5) is 4.79 Å². The molecule has 0 saturated carbocycles. The molecule has 27 heavy (non-hydrogen) atoms. The fourth-order valence-electron chi connectivity index (χ4n) is 2.35. The summed E-state index contributed by atoms with van der Waals surface area (Å²) in [5.41, 5.74) is 0. The molecule has 6 nitrogen and oxygen atoms in total. The van der Waals surface area contributed by atoms with Gasteiger partial charge in [-0.2, -0.15) is 0 Å². The highest BCUT2D eigenvalue weighted by Gasteiger charge is 2.41. The molecule has 1 aliphatic rings. The molecule has 3 amide bonds. The van der Waals surface area contributed by atoms with Crippen LogP contribution in [0.25, 0.3) is 0 Å². The van der Waals surface area contributed by atoms with Crippen LogP contribution in [-0.2, 0) is 13.6 Å². The molecule has 0 aromatic carbocycles. The summed E-state index contributed by atoms with van der Waals surface area (Å²) in [6, 6.07) is -0.790. The van der Waals surface area contributed by atoms with Gasteiger partial charge in [0.2, 0.25) is 0 Å². The zero-order valence-corrected chi connectivity index (χ0v) is 21.0. The van der Waals surface area contributed by atoms with Gasteiger partial charge in [0.25, 0.3) is 5.91 Å². The Morgan fingerprint density at radius 2 is 1.33 bits per heavy atom. The molecular weight excluding hydrogens is 376 g/mol. The van der Waals surface area contributed by atoms with Gasteiger partial charge in [-0.3, -0.25) is 10.1 Å². The van der Waals surface area contributed by atoms with Crippen LogP contribution in [0.15, 0.2) is 0 Å². The van der Waals surface area contributed by atoms with Gasteiger partial charge in [0, 0.05) is 13.2 Å². The van der Waals surface area contributed by atoms with Gasteiger partial charge in [-0.05, 0) is 42.7 Å². The number of carbonyl (C=O) groups excluding carboxylic acids is 2. The zero-order valence-electron chi connectivity index (χ0n) is 19.0. The molecule has 1 aliphatic heterocycles. The Labute approximate surface area is 167 Å². The van der Waals surface area contributed by atoms with Crippen LogP contribution >= 0.6 is 0 Å². The minimum atomic E-state index is -1.87. The van der Waals surface area contributed by atoms with E-state index >= 15 is 0 Å². The second-order valence-corrected chi connectivity index (χ2v) is 20.1. The summed E-state index contributed by atoms with van der Waals surface area (Å²) in [6.07, 6.45) is 0.518. The molecule has 0 bridgehead atoms. The number of urea groups is 1. The average Bonchev–Trinajstić information content (AvgIpc) is 2.71. The van der Waals surface area contributed by atoms with Crippen molar-refractivity contribution in [2.75, 3.05) is 19.8 Å². The standard InChI is InChI=1S/C19H40N2O4Si2/c1-18(2,3)26(7,8)24-13-11-15-16(22)20-17(23)21(15)12-14-25-27(9,10)19(4,5)6/h15H,11-14H2,1-10H3,(H,20,22,23). The predicted molar refractivity (Wildman–Crippen MR) is 115 cm³/mol. The number of carbonyl (C=O) groups is 2. The maximum absolute atomic E-state index is 12.2. The molecule has 158 valence electrons. The van der Waals surface area contributed by atoms with Crippen molar-refractivity contribution in [1.82, 2.24) is 10.2 Å². The van der Waals surface area contributed by atoms with Crippen LogP contribution in [0, 0.1) is 0 Å². The molecule has 0 aromatic rings. The minimum absolute atomic E-state index is 0.118. The largest absolute Gasteiger partial charge is 0.417 e. The Hall–Kier alpha value is -0.706. The van der Waals surface area contributed by atoms with E-state index in [4.69, 9.17) is 8.85 Å². The van der Waals surface area contributed by atoms with E-state index in [1.807, 2.05) is 0 Å². The molecule has 1 heterocycles. The van der Waals surface area contributed by atoms with Gasteiger partial charge in [0.15, 0.2) is 16.6 Å². The van der Waals surface area contributed by atoms with E-state index < -0.39 is 22.7 Å². The van der Waals surface area contributed by atoms with Gasteiger partial charge < -0.3 is 13.8 Å². The van der Waals surface area contributed by atoms with Gasteiger partial charge in [0.05, 0.1) is 6.61 Å². The summed E-state index contributed by atoms with van der Waals surface area (Å²) in [7, 11) is -3.73. The SMILES string of the molecule is CC(C)(C)[Si](C)(C)OCCC1C(=O)NC(=O)N1CCO[Si](C)(C)C(C)(C)C. The lowest BCUT2D eigenvalue weighted by Gasteiger charge is -2.37. The van der Waals surface area contributed by atoms with Crippen LogP contribution in [0.1, 0.15) is 48.0 Å². The first-order chi connectivity index (χ1) is 12.0. The monoisotopic (exact) mass is 416 g/mol. The third-order valence-corrected chi connectivity index (χ3v) is 15.5. The van der Waals surface area contributed by atoms with Crippen molar-refractivity contribution in [3.05, 3.63) is 0 Å². The van der Waals surface area contributed by atoms with Gasteiger partial charge in [-0.15, -0.1) is 0 Å². The van der Waals surface area contributed by atoms with Crippen molar-refractivity contribution in [3.63, 3.8) is 0 Å². The normalized spacial score (nSPS) is 19.6. The maximum Gasteiger partial charge on any atom is 0.324 e. The van der Waals surface area contributed by atoms with E-state index in [9.17, 15) is 9.59 Å². The van der Waals surface area contributed by atoms with Gasteiger partial charge in [-0.25, -0.2) is 4.79 Å². The lowest BCUT2D eigenvalue weighted by atomic mass is 10.2. The van der Waals surface area contributed by atoms with Crippen LogP contribution < -0.4 is 5.32 Å². The summed E-state index contributed by atoms with van der Waals surface area (Å²) in [6.45, 7) is 23.3. The summed E-state index contributed by atoms with van der Waals surface area (Å²) in [5, 5.41) is 2.67. The molecule has 8 heteroatoms. The Morgan fingerprint density at radius 3 is 1.78 bits per heavy atom. The van der Waals surface area contributed by atoms with Crippen molar-refractivity contribution in [1.29, 1.82) is 0 Å². The quantitative estimate of drug-likeness (QED) is 0.472. The molecule has 1 saturated heterocycles. The smallest absolute Gasteiger partial charge is 0.324 e. The Bertz CT molecular complexity index is 503. The predicted octanol–water partition coefficient (Wildman–Crippen LogP) is 4.34. The molecule has 0 aliphatic carbocycles. The molecule has 1 atom stereocenters. The number of nitrogens with zero attached hydrogens (tertiary/aromatic N) is 1. The van der Waals surface area contributed by atoms with E-state index in [0.29, 0.717) is 26.2 Å². The number of imide groups is 1. The molecule has 1 rings (SSSR count). The molecule has 0 radical (unpaired) electrons. The molecule has 1 unspecified atom stereocenters. The zero-order chi connectivity index (χ0) is 21.3. The van der Waals surface area contributed by atoms with Crippen molar-refractivity contribution >= 4 is 28.6 Å². The second-order valence-electron chi connectivity index (χ2n) is 10.5. The topological polar surface area (TPSA) is 67.9 Å². The molecule has 1 fully saturated rings. The highest BCUT2D eigenvalue weighted by molar-refractivity contribution is 6.74. The Balaban J connectivity index is 2.63. The average molecular weight is 417 g/mol. The van der Waals surface area contributed by atoms with Gasteiger partial charge >= 0.3 is 6.03 Å². The van der Waals surface area contributed by atoms with Crippen molar-refractivity contribution < 1.29 is 18.4 Å². The number of hydrogen-bond donors (Lipinski definition) is 1. The van der Waals surface area contributed by atoms with E-state index in [2.05, 4.69) is 73.0 Å². The highest BCUT2D eigenvalue weighted by atomic mass is 28.4. The van der Waals surface area contributed by atoms with Crippen molar-refractivity contribution in [3.8, 4) is 0 Å². The molecular formula is C19H40N2O4Si2. The lowest BCUT2D eigenvalue weighted by molar-refractivity contribution is -0.121. The summed E-state index contributed by atoms with van der Waals surface area (Å²) in [4.78, 5) is 26.0. The van der Waals surface area contributed by atoms with E-state index in [1.165, 1.54) is 0 Å². The van der Waals surface area contributed by atoms with Crippen LogP contribution in [0.5, 0.6) is 0 Å². The second kappa shape index (κ2) is 8.35. The van der Waals surface area contributed by atoms with E-state index in [1.54, 1.807) is 4.90 Å². The highest BCUT2D eigenvalue weighted by Crippen LogP contribution is 2.37. The third-order valence-electron chi connectivity index (χ3n) is 6.43. The molecule has 0 spiro atoms. The first kappa shape index (κ1) is 24.3. The first-order valence-electron chi connectivity index (χ1n) is 9.89. The number of nitrogens with one attached hydrogen (secondary N) is 1. The van der Waals surface area contributed by atoms with Gasteiger partial charge in [-0.1, -0.05) is 41.5 Å². The number of hydrogen-bond acceptors (Lipinski definition) is 4. The van der Waals surface area contributed by atoms with E-state index in [-0.39, 0.29) is 22.0 Å². The first-order valence-corrected chi connectivity index (χ1v) is 15.7. The molecule has 1 N–H and O–H groups in total. The van der Waals surface area contributed by atoms with E-state index in [0.717, 1.165) is 0 Å². The van der Waals surface area contributed by atoms with Crippen LogP contribution in [-0.4, -0.2) is 59.3 Å². The Morgan fingerprint density at radius 1 is 0.889 bits per heavy atom. The van der Waals surface area contributed by atoms with Crippen molar-refractivity contribution in [2.45, 2.75) is 90.3 Å². The van der Waals surface area contributed by atoms with Crippen molar-refractivity contribution in [2.24, 2.45) is 0 Å². The lowest BCUT2D eigenvalue weighted by Crippen LogP contribution is -2.45. The summed E-state index contributed by atoms with van der Waals surface area (Å²) >= 11 is 0. The Kier molecular flexibility index (Phi) is 7.52. The third kappa shape index (κ3) is 6.14. The number of rotatable bonds is 8. The van der Waals surface area contributed by atoms with Crippen LogP contribution in [0.3, 0.4) is 0 Å².